The number of pyridine rings is 1. The molecule has 0 fully saturated rings. The third-order valence-corrected chi connectivity index (χ3v) is 10.2. The Morgan fingerprint density at radius 2 is 1.07 bits per heavy atom. The van der Waals surface area contributed by atoms with Crippen molar-refractivity contribution in [1.82, 2.24) is 19.9 Å². The lowest BCUT2D eigenvalue weighted by atomic mass is 9.92. The molecule has 0 saturated carbocycles. The van der Waals surface area contributed by atoms with E-state index >= 15 is 0 Å². The van der Waals surface area contributed by atoms with Gasteiger partial charge in [0.25, 0.3) is 0 Å². The van der Waals surface area contributed by atoms with Crippen LogP contribution < -0.4 is 0 Å². The van der Waals surface area contributed by atoms with Crippen LogP contribution in [0.3, 0.4) is 0 Å². The van der Waals surface area contributed by atoms with E-state index in [-0.39, 0.29) is 0 Å². The van der Waals surface area contributed by atoms with Gasteiger partial charge in [-0.15, -0.1) is 0 Å². The first-order valence-electron chi connectivity index (χ1n) is 17.9. The van der Waals surface area contributed by atoms with Crippen molar-refractivity contribution in [2.45, 2.75) is 0 Å². The van der Waals surface area contributed by atoms with E-state index in [1.807, 2.05) is 54.6 Å². The fourth-order valence-electron chi connectivity index (χ4n) is 7.61. The maximum Gasteiger partial charge on any atom is 0.227 e. The number of rotatable bonds is 5. The number of benzene rings is 7. The van der Waals surface area contributed by atoms with Crippen LogP contribution in [0.1, 0.15) is 0 Å². The fourth-order valence-corrected chi connectivity index (χ4v) is 7.61. The minimum Gasteiger partial charge on any atom is -0.456 e. The lowest BCUT2D eigenvalue weighted by molar-refractivity contribution is 0.654. The summed E-state index contributed by atoms with van der Waals surface area (Å²) in [5.74, 6) is 1.64. The molecular weight excluding hydrogens is 665 g/mol. The van der Waals surface area contributed by atoms with Gasteiger partial charge >= 0.3 is 0 Å². The van der Waals surface area contributed by atoms with Gasteiger partial charge < -0.3 is 8.83 Å². The number of aromatic nitrogens is 4. The highest BCUT2D eigenvalue weighted by Crippen LogP contribution is 2.43. The van der Waals surface area contributed by atoms with Crippen LogP contribution in [0, 0.1) is 0 Å². The van der Waals surface area contributed by atoms with Crippen LogP contribution in [-0.4, -0.2) is 19.9 Å². The Labute approximate surface area is 309 Å². The van der Waals surface area contributed by atoms with E-state index in [0.717, 1.165) is 82.4 Å². The minimum absolute atomic E-state index is 0.533. The second-order valence-electron chi connectivity index (χ2n) is 13.4. The quantitative estimate of drug-likeness (QED) is 0.179. The number of hydrogen-bond acceptors (Lipinski definition) is 6. The highest BCUT2D eigenvalue weighted by atomic mass is 16.3. The molecule has 0 radical (unpaired) electrons. The summed E-state index contributed by atoms with van der Waals surface area (Å²) in [5, 5.41) is 6.16. The number of fused-ring (bicyclic) bond motifs is 7. The Kier molecular flexibility index (Phi) is 6.75. The maximum absolute atomic E-state index is 6.36. The molecular formula is C48H28N4O2. The minimum atomic E-state index is 0.533. The molecule has 0 saturated heterocycles. The normalized spacial score (nSPS) is 11.7. The van der Waals surface area contributed by atoms with Gasteiger partial charge in [0, 0.05) is 44.4 Å². The van der Waals surface area contributed by atoms with E-state index < -0.39 is 0 Å². The summed E-state index contributed by atoms with van der Waals surface area (Å²) in [7, 11) is 0. The first kappa shape index (κ1) is 30.2. The van der Waals surface area contributed by atoms with Gasteiger partial charge in [0.1, 0.15) is 16.7 Å². The van der Waals surface area contributed by atoms with Crippen LogP contribution in [0.5, 0.6) is 0 Å². The van der Waals surface area contributed by atoms with Gasteiger partial charge in [-0.05, 0) is 87.6 Å². The molecule has 4 heterocycles. The van der Waals surface area contributed by atoms with Crippen LogP contribution >= 0.6 is 0 Å². The van der Waals surface area contributed by atoms with Gasteiger partial charge in [0.15, 0.2) is 17.5 Å². The van der Waals surface area contributed by atoms with Crippen LogP contribution in [-0.2, 0) is 0 Å². The molecule has 6 heteroatoms. The maximum atomic E-state index is 6.36. The molecule has 252 valence electrons. The van der Waals surface area contributed by atoms with Crippen LogP contribution in [0.15, 0.2) is 179 Å². The van der Waals surface area contributed by atoms with Gasteiger partial charge in [-0.3, -0.25) is 0 Å². The van der Waals surface area contributed by atoms with Crippen molar-refractivity contribution in [2.75, 3.05) is 0 Å². The second kappa shape index (κ2) is 12.1. The van der Waals surface area contributed by atoms with Crippen molar-refractivity contribution in [1.29, 1.82) is 0 Å². The van der Waals surface area contributed by atoms with E-state index in [0.29, 0.717) is 28.8 Å². The summed E-state index contributed by atoms with van der Waals surface area (Å²) in [6.07, 6.45) is 1.75. The molecule has 0 unspecified atom stereocenters. The molecule has 7 aromatic carbocycles. The first-order chi connectivity index (χ1) is 26.7. The van der Waals surface area contributed by atoms with Gasteiger partial charge in [-0.1, -0.05) is 109 Å². The average Bonchev–Trinajstić information content (AvgIpc) is 3.81. The molecule has 6 nitrogen and oxygen atoms in total. The van der Waals surface area contributed by atoms with Crippen LogP contribution in [0.2, 0.25) is 0 Å². The summed E-state index contributed by atoms with van der Waals surface area (Å²) in [6, 6.07) is 56.1. The summed E-state index contributed by atoms with van der Waals surface area (Å²) in [5.41, 5.74) is 9.70. The fraction of sp³-hybridized carbons (Fsp3) is 0. The van der Waals surface area contributed by atoms with Crippen LogP contribution in [0.25, 0.3) is 111 Å². The van der Waals surface area contributed by atoms with Crippen molar-refractivity contribution in [2.24, 2.45) is 0 Å². The van der Waals surface area contributed by atoms with Crippen molar-refractivity contribution in [3.05, 3.63) is 170 Å². The number of para-hydroxylation sites is 1. The zero-order chi connectivity index (χ0) is 35.6. The lowest BCUT2D eigenvalue weighted by Gasteiger charge is -2.14. The Hall–Kier alpha value is -7.44. The third kappa shape index (κ3) is 4.96. The first-order valence-corrected chi connectivity index (χ1v) is 17.9. The van der Waals surface area contributed by atoms with Crippen molar-refractivity contribution < 1.29 is 8.83 Å². The largest absolute Gasteiger partial charge is 0.456 e. The second-order valence-corrected chi connectivity index (χ2v) is 13.4. The van der Waals surface area contributed by atoms with E-state index in [1.54, 1.807) is 6.20 Å². The molecule has 54 heavy (non-hydrogen) atoms. The third-order valence-electron chi connectivity index (χ3n) is 10.2. The van der Waals surface area contributed by atoms with Gasteiger partial charge in [0.2, 0.25) is 5.71 Å². The summed E-state index contributed by atoms with van der Waals surface area (Å²) >= 11 is 0. The topological polar surface area (TPSA) is 77.8 Å². The monoisotopic (exact) mass is 692 g/mol. The summed E-state index contributed by atoms with van der Waals surface area (Å²) in [6.45, 7) is 0. The van der Waals surface area contributed by atoms with Gasteiger partial charge in [0.05, 0.1) is 0 Å². The number of nitrogens with zero attached hydrogens (tertiary/aromatic N) is 4. The van der Waals surface area contributed by atoms with Gasteiger partial charge in [-0.25, -0.2) is 19.9 Å². The molecule has 0 amide bonds. The SMILES string of the molecule is c1ccc(-c2cccc(-c3ccc4oc5ncccc5c4c3-c3nc(-c4ccc5ccccc5c4)nc(-c4ccc5c(c4)oc4ccccc45)n3)c2)cc1. The zero-order valence-electron chi connectivity index (χ0n) is 28.8. The van der Waals surface area contributed by atoms with E-state index in [4.69, 9.17) is 23.8 Å². The lowest BCUT2D eigenvalue weighted by Crippen LogP contribution is -2.01. The van der Waals surface area contributed by atoms with E-state index in [9.17, 15) is 0 Å². The van der Waals surface area contributed by atoms with Crippen molar-refractivity contribution in [3.63, 3.8) is 0 Å². The predicted octanol–water partition coefficient (Wildman–Crippen LogP) is 12.6. The Bertz CT molecular complexity index is 3240. The highest BCUT2D eigenvalue weighted by Gasteiger charge is 2.23. The van der Waals surface area contributed by atoms with Gasteiger partial charge in [-0.2, -0.15) is 0 Å². The predicted molar refractivity (Wildman–Crippen MR) is 217 cm³/mol. The molecule has 4 aromatic heterocycles. The molecule has 0 aliphatic rings. The Balaban J connectivity index is 1.20. The summed E-state index contributed by atoms with van der Waals surface area (Å²) in [4.78, 5) is 20.3. The summed E-state index contributed by atoms with van der Waals surface area (Å²) < 4.78 is 12.7. The number of hydrogen-bond donors (Lipinski definition) is 0. The molecule has 0 spiro atoms. The molecule has 11 rings (SSSR count). The molecule has 0 aliphatic heterocycles. The molecule has 11 aromatic rings. The van der Waals surface area contributed by atoms with E-state index in [2.05, 4.69) is 114 Å². The standard InChI is InChI=1S/C48H28N4O2/c1-2-10-29(11-3-1)32-14-8-15-33(26-32)36-23-24-41-43(39-17-9-25-49-48(39)54-41)44(36)47-51-45(34-20-19-30-12-4-5-13-31(30)27-34)50-46(52-47)35-21-22-38-37-16-6-7-18-40(37)53-42(38)28-35/h1-28H. The Morgan fingerprint density at radius 3 is 1.98 bits per heavy atom. The molecule has 0 bridgehead atoms. The molecule has 0 N–H and O–H groups in total. The molecule has 0 aliphatic carbocycles. The van der Waals surface area contributed by atoms with Crippen molar-refractivity contribution >= 4 is 54.8 Å². The average molecular weight is 693 g/mol. The highest BCUT2D eigenvalue weighted by molar-refractivity contribution is 6.14. The Morgan fingerprint density at radius 1 is 0.370 bits per heavy atom. The van der Waals surface area contributed by atoms with Crippen molar-refractivity contribution in [3.8, 4) is 56.4 Å². The van der Waals surface area contributed by atoms with Crippen LogP contribution in [0.4, 0.5) is 0 Å². The zero-order valence-corrected chi connectivity index (χ0v) is 28.8. The smallest absolute Gasteiger partial charge is 0.227 e. The number of furan rings is 2. The molecule has 0 atom stereocenters. The van der Waals surface area contributed by atoms with E-state index in [1.165, 1.54) is 0 Å².